The van der Waals surface area contributed by atoms with Gasteiger partial charge in [-0.15, -0.1) is 0 Å². The van der Waals surface area contributed by atoms with Crippen molar-refractivity contribution in [3.05, 3.63) is 51.7 Å². The van der Waals surface area contributed by atoms with Crippen molar-refractivity contribution in [3.63, 3.8) is 0 Å². The van der Waals surface area contributed by atoms with Crippen LogP contribution in [0.1, 0.15) is 62.4 Å². The third-order valence-corrected chi connectivity index (χ3v) is 6.05. The van der Waals surface area contributed by atoms with Gasteiger partial charge in [0, 0.05) is 19.6 Å². The number of anilines is 2. The van der Waals surface area contributed by atoms with E-state index in [-0.39, 0.29) is 29.6 Å². The normalized spacial score (nSPS) is 17.5. The van der Waals surface area contributed by atoms with Gasteiger partial charge >= 0.3 is 17.7 Å². The maximum Gasteiger partial charge on any atom is 0.407 e. The quantitative estimate of drug-likeness (QED) is 0.263. The van der Waals surface area contributed by atoms with Gasteiger partial charge in [0.15, 0.2) is 0 Å². The third-order valence-electron chi connectivity index (χ3n) is 6.05. The number of hydrogen-bond acceptors (Lipinski definition) is 9. The molecule has 1 aromatic carbocycles. The van der Waals surface area contributed by atoms with Crippen LogP contribution in [-0.2, 0) is 11.3 Å². The van der Waals surface area contributed by atoms with Crippen LogP contribution in [0.25, 0.3) is 0 Å². The van der Waals surface area contributed by atoms with E-state index in [9.17, 15) is 19.7 Å². The molecule has 200 valence electrons. The maximum absolute atomic E-state index is 11.9. The molecule has 1 aliphatic rings. The fourth-order valence-electron chi connectivity index (χ4n) is 4.14. The summed E-state index contributed by atoms with van der Waals surface area (Å²) in [5, 5.41) is 29.6. The van der Waals surface area contributed by atoms with E-state index >= 15 is 0 Å². The molecule has 2 aromatic rings. The number of carbonyl (C=O) groups is 2. The summed E-state index contributed by atoms with van der Waals surface area (Å²) in [7, 11) is 0. The van der Waals surface area contributed by atoms with Crippen LogP contribution in [0, 0.1) is 22.0 Å². The predicted molar refractivity (Wildman–Crippen MR) is 138 cm³/mol. The Hall–Kier alpha value is -3.96. The number of carboxylic acids is 1. The number of alkyl carbamates (subject to hydrolysis) is 1. The molecule has 0 spiro atoms. The molecule has 1 aliphatic carbocycles. The fraction of sp³-hybridized carbons (Fsp3) is 0.520. The summed E-state index contributed by atoms with van der Waals surface area (Å²) < 4.78 is 5.28. The van der Waals surface area contributed by atoms with E-state index in [1.165, 1.54) is 6.07 Å². The zero-order chi connectivity index (χ0) is 27.0. The van der Waals surface area contributed by atoms with Gasteiger partial charge in [0.25, 0.3) is 0 Å². The van der Waals surface area contributed by atoms with Gasteiger partial charge in [0.1, 0.15) is 11.8 Å². The van der Waals surface area contributed by atoms with E-state index in [1.54, 1.807) is 18.2 Å². The largest absolute Gasteiger partial charge is 0.478 e. The first-order valence-corrected chi connectivity index (χ1v) is 12.3. The first-order chi connectivity index (χ1) is 17.5. The molecule has 1 amide bonds. The lowest BCUT2D eigenvalue weighted by Gasteiger charge is -2.29. The van der Waals surface area contributed by atoms with Crippen LogP contribution < -0.4 is 16.0 Å². The van der Waals surface area contributed by atoms with Crippen molar-refractivity contribution in [1.82, 2.24) is 15.3 Å². The third kappa shape index (κ3) is 8.89. The van der Waals surface area contributed by atoms with Crippen molar-refractivity contribution >= 4 is 29.5 Å². The van der Waals surface area contributed by atoms with Crippen molar-refractivity contribution in [3.8, 4) is 0 Å². The summed E-state index contributed by atoms with van der Waals surface area (Å²) in [5.74, 6) is 0.00427. The van der Waals surface area contributed by atoms with Gasteiger partial charge in [-0.1, -0.05) is 12.1 Å². The van der Waals surface area contributed by atoms with Crippen LogP contribution in [0.5, 0.6) is 0 Å². The molecule has 0 saturated heterocycles. The van der Waals surface area contributed by atoms with Crippen LogP contribution in [-0.4, -0.2) is 50.8 Å². The highest BCUT2D eigenvalue weighted by Crippen LogP contribution is 2.30. The monoisotopic (exact) mass is 514 g/mol. The second-order valence-corrected chi connectivity index (χ2v) is 10.2. The minimum atomic E-state index is -1.02. The zero-order valence-corrected chi connectivity index (χ0v) is 21.3. The zero-order valence-electron chi connectivity index (χ0n) is 21.3. The number of hydrogen-bond donors (Lipinski definition) is 4. The molecule has 0 atom stereocenters. The van der Waals surface area contributed by atoms with Gasteiger partial charge < -0.3 is 25.8 Å². The number of nitrogens with zero attached hydrogens (tertiary/aromatic N) is 3. The van der Waals surface area contributed by atoms with Crippen LogP contribution >= 0.6 is 0 Å². The van der Waals surface area contributed by atoms with Gasteiger partial charge in [-0.2, -0.15) is 4.98 Å². The van der Waals surface area contributed by atoms with Gasteiger partial charge in [-0.05, 0) is 76.0 Å². The Labute approximate surface area is 215 Å². The Morgan fingerprint density at radius 3 is 2.43 bits per heavy atom. The van der Waals surface area contributed by atoms with Gasteiger partial charge in [-0.3, -0.25) is 10.1 Å². The van der Waals surface area contributed by atoms with Crippen LogP contribution in [0.15, 0.2) is 30.5 Å². The Kier molecular flexibility index (Phi) is 9.20. The Balaban J connectivity index is 1.51. The topological polar surface area (TPSA) is 169 Å². The van der Waals surface area contributed by atoms with Crippen molar-refractivity contribution in [2.45, 2.75) is 58.6 Å². The number of ether oxygens (including phenoxy) is 1. The molecular weight excluding hydrogens is 480 g/mol. The lowest BCUT2D eigenvalue weighted by Crippen LogP contribution is -2.36. The lowest BCUT2D eigenvalue weighted by atomic mass is 9.82. The molecule has 1 heterocycles. The molecule has 0 unspecified atom stereocenters. The maximum atomic E-state index is 11.9. The standard InChI is InChI=1S/C25H34N6O6/c1-25(2,3)37-24(34)29-13-17-9-7-16(8-10-17)12-26-21-20(31(35)36)15-28-23(30-21)27-14-18-5-4-6-19(11-18)22(32)33/h4-6,11,15-17H,7-10,12-14H2,1-3H3,(H,29,34)(H,32,33)(H2,26,27,28,30)/t16-,17-. The predicted octanol–water partition coefficient (Wildman–Crippen LogP) is 4.44. The smallest absolute Gasteiger partial charge is 0.407 e. The van der Waals surface area contributed by atoms with Crippen LogP contribution in [0.3, 0.4) is 0 Å². The molecule has 0 radical (unpaired) electrons. The number of amides is 1. The number of nitro groups is 1. The van der Waals surface area contributed by atoms with E-state index in [2.05, 4.69) is 25.9 Å². The summed E-state index contributed by atoms with van der Waals surface area (Å²) in [6, 6.07) is 6.45. The SMILES string of the molecule is CC(C)(C)OC(=O)NC[C@H]1CC[C@H](CNc2nc(NCc3cccc(C(=O)O)c3)ncc2[N+](=O)[O-])CC1. The molecule has 4 N–H and O–H groups in total. The average molecular weight is 515 g/mol. The Morgan fingerprint density at radius 2 is 1.81 bits per heavy atom. The fourth-order valence-corrected chi connectivity index (χ4v) is 4.14. The molecular formula is C25H34N6O6. The van der Waals surface area contributed by atoms with Crippen LogP contribution in [0.2, 0.25) is 0 Å². The minimum absolute atomic E-state index is 0.135. The molecule has 1 fully saturated rings. The molecule has 1 saturated carbocycles. The van der Waals surface area contributed by atoms with E-state index in [1.807, 2.05) is 20.8 Å². The highest BCUT2D eigenvalue weighted by molar-refractivity contribution is 5.87. The van der Waals surface area contributed by atoms with Crippen molar-refractivity contribution in [1.29, 1.82) is 0 Å². The van der Waals surface area contributed by atoms with E-state index in [0.717, 1.165) is 31.9 Å². The van der Waals surface area contributed by atoms with Crippen LogP contribution in [0.4, 0.5) is 22.2 Å². The average Bonchev–Trinajstić information content (AvgIpc) is 2.84. The number of nitrogens with one attached hydrogen (secondary N) is 3. The number of carbonyl (C=O) groups excluding carboxylic acids is 1. The van der Waals surface area contributed by atoms with E-state index < -0.39 is 22.6 Å². The molecule has 3 rings (SSSR count). The summed E-state index contributed by atoms with van der Waals surface area (Å²) in [4.78, 5) is 42.3. The number of rotatable bonds is 10. The molecule has 12 nitrogen and oxygen atoms in total. The minimum Gasteiger partial charge on any atom is -0.478 e. The lowest BCUT2D eigenvalue weighted by molar-refractivity contribution is -0.384. The highest BCUT2D eigenvalue weighted by atomic mass is 16.6. The molecule has 37 heavy (non-hydrogen) atoms. The van der Waals surface area contributed by atoms with Crippen molar-refractivity contribution in [2.75, 3.05) is 23.7 Å². The van der Waals surface area contributed by atoms with E-state index in [4.69, 9.17) is 9.84 Å². The Morgan fingerprint density at radius 1 is 1.14 bits per heavy atom. The number of aromatic carboxylic acids is 1. The first kappa shape index (κ1) is 27.6. The number of benzene rings is 1. The van der Waals surface area contributed by atoms with Gasteiger partial charge in [-0.25, -0.2) is 14.6 Å². The highest BCUT2D eigenvalue weighted by Gasteiger charge is 2.24. The summed E-state index contributed by atoms with van der Waals surface area (Å²) in [6.07, 6.45) is 4.48. The molecule has 12 heteroatoms. The molecule has 1 aromatic heterocycles. The summed E-state index contributed by atoms with van der Waals surface area (Å²) in [6.45, 7) is 6.84. The van der Waals surface area contributed by atoms with Crippen molar-refractivity contribution < 1.29 is 24.4 Å². The number of aromatic nitrogens is 2. The summed E-state index contributed by atoms with van der Waals surface area (Å²) >= 11 is 0. The summed E-state index contributed by atoms with van der Waals surface area (Å²) in [5.41, 5.74) is 0.141. The van der Waals surface area contributed by atoms with Gasteiger partial charge in [0.05, 0.1) is 10.5 Å². The second kappa shape index (κ2) is 12.3. The molecule has 0 aliphatic heterocycles. The van der Waals surface area contributed by atoms with E-state index in [0.29, 0.717) is 30.5 Å². The first-order valence-electron chi connectivity index (χ1n) is 12.3. The molecule has 0 bridgehead atoms. The van der Waals surface area contributed by atoms with Crippen molar-refractivity contribution in [2.24, 2.45) is 11.8 Å². The second-order valence-electron chi connectivity index (χ2n) is 10.2. The number of carboxylic acid groups (broad SMARTS) is 1. The Bertz CT molecular complexity index is 1110. The van der Waals surface area contributed by atoms with Gasteiger partial charge in [0.2, 0.25) is 11.8 Å².